The van der Waals surface area contributed by atoms with Crippen LogP contribution in [-0.4, -0.2) is 20.2 Å². The van der Waals surface area contributed by atoms with Gasteiger partial charge >= 0.3 is 0 Å². The van der Waals surface area contributed by atoms with E-state index >= 15 is 0 Å². The standard InChI is InChI=1S/C9H6ClFN4OS/c1-4-13-9(17-15-4)14-8(16)6-2-5(11)3-12-7(6)10/h2-3H,1H3,(H,13,14,15,16). The lowest BCUT2D eigenvalue weighted by atomic mass is 10.2. The third kappa shape index (κ3) is 2.75. The van der Waals surface area contributed by atoms with E-state index in [2.05, 4.69) is 19.7 Å². The first kappa shape index (κ1) is 11.9. The van der Waals surface area contributed by atoms with Crippen LogP contribution in [0.5, 0.6) is 0 Å². The second kappa shape index (κ2) is 4.72. The number of halogens is 2. The first-order valence-electron chi connectivity index (χ1n) is 4.49. The summed E-state index contributed by atoms with van der Waals surface area (Å²) < 4.78 is 16.8. The number of carbonyl (C=O) groups excluding carboxylic acids is 1. The largest absolute Gasteiger partial charge is 0.296 e. The van der Waals surface area contributed by atoms with Gasteiger partial charge in [0.05, 0.1) is 11.8 Å². The molecule has 0 aromatic carbocycles. The van der Waals surface area contributed by atoms with Gasteiger partial charge in [0.25, 0.3) is 5.91 Å². The van der Waals surface area contributed by atoms with E-state index in [-0.39, 0.29) is 10.7 Å². The maximum atomic E-state index is 12.9. The van der Waals surface area contributed by atoms with Crippen LogP contribution in [0.4, 0.5) is 9.52 Å². The normalized spacial score (nSPS) is 10.3. The predicted octanol–water partition coefficient (Wildman–Crippen LogP) is 2.29. The highest BCUT2D eigenvalue weighted by atomic mass is 35.5. The minimum absolute atomic E-state index is 0.0421. The molecule has 0 fully saturated rings. The van der Waals surface area contributed by atoms with Gasteiger partial charge in [-0.05, 0) is 13.0 Å². The first-order valence-corrected chi connectivity index (χ1v) is 5.64. The Balaban J connectivity index is 2.22. The molecule has 1 N–H and O–H groups in total. The van der Waals surface area contributed by atoms with E-state index in [1.807, 2.05) is 0 Å². The molecule has 88 valence electrons. The summed E-state index contributed by atoms with van der Waals surface area (Å²) in [5, 5.41) is 2.72. The van der Waals surface area contributed by atoms with Gasteiger partial charge in [-0.2, -0.15) is 4.37 Å². The summed E-state index contributed by atoms with van der Waals surface area (Å²) in [6.45, 7) is 1.70. The number of rotatable bonds is 2. The van der Waals surface area contributed by atoms with Crippen molar-refractivity contribution >= 4 is 34.2 Å². The molecule has 1 amide bonds. The van der Waals surface area contributed by atoms with Crippen LogP contribution >= 0.6 is 23.1 Å². The average molecular weight is 273 g/mol. The van der Waals surface area contributed by atoms with Crippen LogP contribution in [0.3, 0.4) is 0 Å². The molecule has 0 saturated carbocycles. The molecule has 2 aromatic heterocycles. The lowest BCUT2D eigenvalue weighted by molar-refractivity contribution is 0.102. The molecule has 0 aliphatic rings. The van der Waals surface area contributed by atoms with Crippen molar-refractivity contribution in [2.24, 2.45) is 0 Å². The molecule has 5 nitrogen and oxygen atoms in total. The molecular weight excluding hydrogens is 267 g/mol. The Hall–Kier alpha value is -1.60. The number of hydrogen-bond donors (Lipinski definition) is 1. The fourth-order valence-corrected chi connectivity index (χ4v) is 1.85. The van der Waals surface area contributed by atoms with Crippen molar-refractivity contribution in [3.8, 4) is 0 Å². The molecule has 0 unspecified atom stereocenters. The molecule has 0 saturated heterocycles. The minimum atomic E-state index is -0.631. The Bertz CT molecular complexity index is 574. The molecule has 0 spiro atoms. The fraction of sp³-hybridized carbons (Fsp3) is 0.111. The summed E-state index contributed by atoms with van der Waals surface area (Å²) in [6.07, 6.45) is 0.939. The monoisotopic (exact) mass is 272 g/mol. The van der Waals surface area contributed by atoms with Crippen molar-refractivity contribution in [3.05, 3.63) is 34.6 Å². The van der Waals surface area contributed by atoms with E-state index < -0.39 is 11.7 Å². The zero-order valence-electron chi connectivity index (χ0n) is 8.57. The summed E-state index contributed by atoms with van der Waals surface area (Å²) in [5.41, 5.74) is -0.0421. The maximum absolute atomic E-state index is 12.9. The van der Waals surface area contributed by atoms with E-state index in [1.54, 1.807) is 6.92 Å². The minimum Gasteiger partial charge on any atom is -0.296 e. The summed E-state index contributed by atoms with van der Waals surface area (Å²) in [6, 6.07) is 1.01. The summed E-state index contributed by atoms with van der Waals surface area (Å²) in [7, 11) is 0. The molecule has 17 heavy (non-hydrogen) atoms. The Labute approximate surface area is 105 Å². The van der Waals surface area contributed by atoms with Crippen molar-refractivity contribution in [3.63, 3.8) is 0 Å². The highest BCUT2D eigenvalue weighted by Crippen LogP contribution is 2.17. The summed E-state index contributed by atoms with van der Waals surface area (Å²) in [5.74, 6) is -0.653. The first-order chi connectivity index (χ1) is 8.06. The lowest BCUT2D eigenvalue weighted by Crippen LogP contribution is -2.13. The van der Waals surface area contributed by atoms with E-state index in [0.29, 0.717) is 11.0 Å². The second-order valence-electron chi connectivity index (χ2n) is 3.09. The van der Waals surface area contributed by atoms with Crippen LogP contribution in [0.2, 0.25) is 5.15 Å². The number of nitrogens with zero attached hydrogens (tertiary/aromatic N) is 3. The molecule has 2 heterocycles. The number of aromatic nitrogens is 3. The zero-order chi connectivity index (χ0) is 12.4. The van der Waals surface area contributed by atoms with E-state index in [4.69, 9.17) is 11.6 Å². The zero-order valence-corrected chi connectivity index (χ0v) is 10.1. The summed E-state index contributed by atoms with van der Waals surface area (Å²) >= 11 is 6.72. The smallest absolute Gasteiger partial charge is 0.260 e. The predicted molar refractivity (Wildman–Crippen MR) is 61.8 cm³/mol. The molecular formula is C9H6ClFN4OS. The highest BCUT2D eigenvalue weighted by Gasteiger charge is 2.14. The van der Waals surface area contributed by atoms with Crippen LogP contribution in [0, 0.1) is 12.7 Å². The van der Waals surface area contributed by atoms with Gasteiger partial charge in [-0.25, -0.2) is 14.4 Å². The van der Waals surface area contributed by atoms with E-state index in [0.717, 1.165) is 23.8 Å². The Kier molecular flexibility index (Phi) is 3.30. The van der Waals surface area contributed by atoms with Crippen molar-refractivity contribution < 1.29 is 9.18 Å². The number of aryl methyl sites for hydroxylation is 1. The number of nitrogens with one attached hydrogen (secondary N) is 1. The van der Waals surface area contributed by atoms with E-state index in [9.17, 15) is 9.18 Å². The van der Waals surface area contributed by atoms with Gasteiger partial charge in [0.2, 0.25) is 5.13 Å². The number of pyridine rings is 1. The Morgan fingerprint density at radius 3 is 3.00 bits per heavy atom. The second-order valence-corrected chi connectivity index (χ2v) is 4.20. The van der Waals surface area contributed by atoms with Gasteiger partial charge in [-0.1, -0.05) is 11.6 Å². The van der Waals surface area contributed by atoms with Crippen molar-refractivity contribution in [2.45, 2.75) is 6.92 Å². The van der Waals surface area contributed by atoms with Crippen LogP contribution < -0.4 is 5.32 Å². The third-order valence-electron chi connectivity index (χ3n) is 1.80. The SMILES string of the molecule is Cc1nsc(NC(=O)c2cc(F)cnc2Cl)n1. The van der Waals surface area contributed by atoms with Crippen LogP contribution in [0.15, 0.2) is 12.3 Å². The molecule has 8 heteroatoms. The average Bonchev–Trinajstić information content (AvgIpc) is 2.67. The molecule has 0 atom stereocenters. The Morgan fingerprint density at radius 2 is 2.35 bits per heavy atom. The van der Waals surface area contributed by atoms with Gasteiger partial charge < -0.3 is 0 Å². The van der Waals surface area contributed by atoms with Crippen molar-refractivity contribution in [2.75, 3.05) is 5.32 Å². The number of hydrogen-bond acceptors (Lipinski definition) is 5. The fourth-order valence-electron chi connectivity index (χ4n) is 1.09. The van der Waals surface area contributed by atoms with Gasteiger partial charge in [-0.3, -0.25) is 10.1 Å². The summed E-state index contributed by atoms with van der Waals surface area (Å²) in [4.78, 5) is 19.2. The number of anilines is 1. The van der Waals surface area contributed by atoms with Crippen LogP contribution in [0.25, 0.3) is 0 Å². The topological polar surface area (TPSA) is 67.8 Å². The van der Waals surface area contributed by atoms with Gasteiger partial charge in [0.1, 0.15) is 16.8 Å². The van der Waals surface area contributed by atoms with Gasteiger partial charge in [-0.15, -0.1) is 0 Å². The molecule has 2 rings (SSSR count). The molecule has 0 aliphatic heterocycles. The van der Waals surface area contributed by atoms with Gasteiger partial charge in [0, 0.05) is 11.5 Å². The Morgan fingerprint density at radius 1 is 1.59 bits per heavy atom. The molecule has 0 radical (unpaired) electrons. The van der Waals surface area contributed by atoms with Crippen LogP contribution in [-0.2, 0) is 0 Å². The number of amides is 1. The van der Waals surface area contributed by atoms with Gasteiger partial charge in [0.15, 0.2) is 0 Å². The number of carbonyl (C=O) groups is 1. The van der Waals surface area contributed by atoms with Crippen molar-refractivity contribution in [1.82, 2.24) is 14.3 Å². The maximum Gasteiger partial charge on any atom is 0.260 e. The van der Waals surface area contributed by atoms with Crippen molar-refractivity contribution in [1.29, 1.82) is 0 Å². The third-order valence-corrected chi connectivity index (χ3v) is 2.82. The van der Waals surface area contributed by atoms with Crippen LogP contribution in [0.1, 0.15) is 16.2 Å². The highest BCUT2D eigenvalue weighted by molar-refractivity contribution is 7.09. The molecule has 0 aliphatic carbocycles. The van der Waals surface area contributed by atoms with E-state index in [1.165, 1.54) is 0 Å². The lowest BCUT2D eigenvalue weighted by Gasteiger charge is -2.02. The molecule has 2 aromatic rings. The molecule has 0 bridgehead atoms. The quantitative estimate of drug-likeness (QED) is 0.852.